The summed E-state index contributed by atoms with van der Waals surface area (Å²) in [5.74, 6) is -0.528. The van der Waals surface area contributed by atoms with E-state index in [0.717, 1.165) is 23.6 Å². The van der Waals surface area contributed by atoms with Crippen LogP contribution in [0.4, 0.5) is 0 Å². The summed E-state index contributed by atoms with van der Waals surface area (Å²) in [5, 5.41) is 2.60. The van der Waals surface area contributed by atoms with Crippen molar-refractivity contribution in [1.29, 1.82) is 0 Å². The number of nitrogens with two attached hydrogens (primary N) is 1. The molecule has 0 bridgehead atoms. The number of sulfonamides is 1. The highest BCUT2D eigenvalue weighted by Crippen LogP contribution is 2.22. The lowest BCUT2D eigenvalue weighted by atomic mass is 10.0. The van der Waals surface area contributed by atoms with E-state index < -0.39 is 10.0 Å². The Hall–Kier alpha value is -1.97. The summed E-state index contributed by atoms with van der Waals surface area (Å²) in [5.41, 5.74) is 6.11. The molecule has 0 aromatic heterocycles. The number of carbonyl (C=O) groups is 2. The second kappa shape index (κ2) is 7.73. The van der Waals surface area contributed by atoms with Gasteiger partial charge in [-0.05, 0) is 37.5 Å². The third-order valence-corrected chi connectivity index (χ3v) is 6.72. The second-order valence-electron chi connectivity index (χ2n) is 6.60. The fourth-order valence-corrected chi connectivity index (χ4v) is 4.88. The van der Waals surface area contributed by atoms with Crippen LogP contribution in [0.2, 0.25) is 0 Å². The fourth-order valence-electron chi connectivity index (χ4n) is 3.44. The number of carbonyl (C=O) groups excluding carboxylic acids is 2. The molecule has 1 aromatic rings. The van der Waals surface area contributed by atoms with E-state index in [1.54, 1.807) is 17.0 Å². The fraction of sp³-hybridized carbons (Fsp3) is 0.529. The normalized spacial score (nSPS) is 22.1. The van der Waals surface area contributed by atoms with E-state index in [1.165, 1.54) is 12.1 Å². The molecule has 0 radical (unpaired) electrons. The minimum absolute atomic E-state index is 0.0118. The van der Waals surface area contributed by atoms with Crippen LogP contribution in [-0.4, -0.2) is 68.2 Å². The van der Waals surface area contributed by atoms with Crippen LogP contribution < -0.4 is 11.1 Å². The van der Waals surface area contributed by atoms with Gasteiger partial charge in [0.15, 0.2) is 0 Å². The molecule has 2 fully saturated rings. The van der Waals surface area contributed by atoms with Crippen LogP contribution in [0.25, 0.3) is 0 Å². The Morgan fingerprint density at radius 3 is 2.81 bits per heavy atom. The Labute approximate surface area is 153 Å². The Morgan fingerprint density at radius 1 is 1.27 bits per heavy atom. The predicted molar refractivity (Wildman–Crippen MR) is 95.9 cm³/mol. The van der Waals surface area contributed by atoms with Gasteiger partial charge in [0.25, 0.3) is 5.91 Å². The van der Waals surface area contributed by atoms with Crippen molar-refractivity contribution in [3.05, 3.63) is 29.8 Å². The number of hydrogen-bond acceptors (Lipinski definition) is 5. The Morgan fingerprint density at radius 2 is 2.08 bits per heavy atom. The third-order valence-electron chi connectivity index (χ3n) is 4.88. The summed E-state index contributed by atoms with van der Waals surface area (Å²) < 4.78 is 26.7. The molecule has 2 amide bonds. The van der Waals surface area contributed by atoms with Gasteiger partial charge in [-0.2, -0.15) is 4.31 Å². The van der Waals surface area contributed by atoms with E-state index in [1.807, 2.05) is 0 Å². The first-order chi connectivity index (χ1) is 12.4. The molecule has 1 unspecified atom stereocenters. The Bertz CT molecular complexity index is 796. The van der Waals surface area contributed by atoms with Crippen molar-refractivity contribution < 1.29 is 18.0 Å². The molecule has 142 valence electrons. The van der Waals surface area contributed by atoms with Crippen LogP contribution >= 0.6 is 0 Å². The standard InChI is InChI=1S/C17H24N4O4S/c18-11-14-5-1-2-8-21(14)17(23)13-4-3-6-15(10-13)26(24,25)20-9-7-19-16(22)12-20/h3-4,6,10,14H,1-2,5,7-9,11-12,18H2,(H,19,22). The largest absolute Gasteiger partial charge is 0.354 e. The second-order valence-corrected chi connectivity index (χ2v) is 8.54. The SMILES string of the molecule is NCC1CCCCN1C(=O)c1cccc(S(=O)(=O)N2CCNC(=O)C2)c1. The summed E-state index contributed by atoms with van der Waals surface area (Å²) in [4.78, 5) is 26.2. The zero-order chi connectivity index (χ0) is 18.7. The number of rotatable bonds is 4. The maximum atomic E-state index is 12.9. The molecule has 2 aliphatic heterocycles. The number of nitrogens with zero attached hydrogens (tertiary/aromatic N) is 2. The van der Waals surface area contributed by atoms with E-state index in [0.29, 0.717) is 18.7 Å². The molecule has 1 atom stereocenters. The van der Waals surface area contributed by atoms with Gasteiger partial charge in [-0.15, -0.1) is 0 Å². The molecule has 2 heterocycles. The first-order valence-electron chi connectivity index (χ1n) is 8.81. The number of piperazine rings is 1. The lowest BCUT2D eigenvalue weighted by Gasteiger charge is -2.35. The highest BCUT2D eigenvalue weighted by atomic mass is 32.2. The van der Waals surface area contributed by atoms with Gasteiger partial charge >= 0.3 is 0 Å². The predicted octanol–water partition coefficient (Wildman–Crippen LogP) is -0.239. The number of amides is 2. The number of benzene rings is 1. The molecule has 2 aliphatic rings. The van der Waals surface area contributed by atoms with Crippen molar-refractivity contribution in [3.63, 3.8) is 0 Å². The summed E-state index contributed by atoms with van der Waals surface area (Å²) in [6, 6.07) is 6.02. The van der Waals surface area contributed by atoms with E-state index in [9.17, 15) is 18.0 Å². The number of piperidine rings is 1. The van der Waals surface area contributed by atoms with Crippen molar-refractivity contribution in [2.24, 2.45) is 5.73 Å². The van der Waals surface area contributed by atoms with Crippen LogP contribution in [0.15, 0.2) is 29.2 Å². The molecule has 3 N–H and O–H groups in total. The lowest BCUT2D eigenvalue weighted by molar-refractivity contribution is -0.122. The average molecular weight is 380 g/mol. The summed E-state index contributed by atoms with van der Waals surface area (Å²) in [6.45, 7) is 1.31. The molecule has 0 spiro atoms. The van der Waals surface area contributed by atoms with Gasteiger partial charge in [-0.25, -0.2) is 8.42 Å². The summed E-state index contributed by atoms with van der Waals surface area (Å²) in [7, 11) is -3.82. The highest BCUT2D eigenvalue weighted by molar-refractivity contribution is 7.89. The Kier molecular flexibility index (Phi) is 5.59. The van der Waals surface area contributed by atoms with E-state index in [-0.39, 0.29) is 42.4 Å². The number of nitrogens with one attached hydrogen (secondary N) is 1. The van der Waals surface area contributed by atoms with Crippen molar-refractivity contribution in [3.8, 4) is 0 Å². The quantitative estimate of drug-likeness (QED) is 0.749. The van der Waals surface area contributed by atoms with Gasteiger partial charge in [0.05, 0.1) is 11.4 Å². The van der Waals surface area contributed by atoms with Crippen molar-refractivity contribution >= 4 is 21.8 Å². The average Bonchev–Trinajstić information content (AvgIpc) is 2.67. The van der Waals surface area contributed by atoms with Gasteiger partial charge in [0.1, 0.15) is 0 Å². The molecule has 0 saturated carbocycles. The molecular formula is C17H24N4O4S. The van der Waals surface area contributed by atoms with Crippen LogP contribution in [-0.2, 0) is 14.8 Å². The van der Waals surface area contributed by atoms with Gasteiger partial charge in [-0.1, -0.05) is 6.07 Å². The molecular weight excluding hydrogens is 356 g/mol. The maximum Gasteiger partial charge on any atom is 0.254 e. The summed E-state index contributed by atoms with van der Waals surface area (Å²) >= 11 is 0. The van der Waals surface area contributed by atoms with E-state index in [2.05, 4.69) is 5.32 Å². The number of likely N-dealkylation sites (tertiary alicyclic amines) is 1. The van der Waals surface area contributed by atoms with Gasteiger partial charge in [0, 0.05) is 37.8 Å². The highest BCUT2D eigenvalue weighted by Gasteiger charge is 2.31. The minimum atomic E-state index is -3.82. The number of hydrogen-bond donors (Lipinski definition) is 2. The van der Waals surface area contributed by atoms with Crippen LogP contribution in [0.1, 0.15) is 29.6 Å². The lowest BCUT2D eigenvalue weighted by Crippen LogP contribution is -2.49. The molecule has 9 heteroatoms. The third kappa shape index (κ3) is 3.74. The van der Waals surface area contributed by atoms with Crippen LogP contribution in [0.3, 0.4) is 0 Å². The van der Waals surface area contributed by atoms with Gasteiger partial charge in [0.2, 0.25) is 15.9 Å². The van der Waals surface area contributed by atoms with Gasteiger partial charge < -0.3 is 16.0 Å². The first-order valence-corrected chi connectivity index (χ1v) is 10.3. The van der Waals surface area contributed by atoms with E-state index in [4.69, 9.17) is 5.73 Å². The minimum Gasteiger partial charge on any atom is -0.354 e. The first kappa shape index (κ1) is 18.8. The maximum absolute atomic E-state index is 12.9. The van der Waals surface area contributed by atoms with Crippen molar-refractivity contribution in [2.45, 2.75) is 30.2 Å². The molecule has 3 rings (SSSR count). The molecule has 26 heavy (non-hydrogen) atoms. The smallest absolute Gasteiger partial charge is 0.254 e. The molecule has 8 nitrogen and oxygen atoms in total. The topological polar surface area (TPSA) is 113 Å². The Balaban J connectivity index is 1.85. The monoisotopic (exact) mass is 380 g/mol. The molecule has 1 aromatic carbocycles. The van der Waals surface area contributed by atoms with Crippen LogP contribution in [0, 0.1) is 0 Å². The molecule has 0 aliphatic carbocycles. The zero-order valence-corrected chi connectivity index (χ0v) is 15.4. The van der Waals surface area contributed by atoms with Crippen molar-refractivity contribution in [2.75, 3.05) is 32.7 Å². The zero-order valence-electron chi connectivity index (χ0n) is 14.6. The van der Waals surface area contributed by atoms with E-state index >= 15 is 0 Å². The van der Waals surface area contributed by atoms with Gasteiger partial charge in [-0.3, -0.25) is 9.59 Å². The van der Waals surface area contributed by atoms with Crippen LogP contribution in [0.5, 0.6) is 0 Å². The van der Waals surface area contributed by atoms with Crippen molar-refractivity contribution in [1.82, 2.24) is 14.5 Å². The molecule has 2 saturated heterocycles. The summed E-state index contributed by atoms with van der Waals surface area (Å²) in [6.07, 6.45) is 2.82.